The molecule has 2 aliphatic rings. The summed E-state index contributed by atoms with van der Waals surface area (Å²) in [6.45, 7) is 2.39. The Balaban J connectivity index is 2.14. The molecule has 0 bridgehead atoms. The molecule has 4 rings (SSSR count). The summed E-state index contributed by atoms with van der Waals surface area (Å²) < 4.78 is 3.05. The van der Waals surface area contributed by atoms with Gasteiger partial charge in [-0.15, -0.1) is 0 Å². The van der Waals surface area contributed by atoms with Crippen molar-refractivity contribution in [3.8, 4) is 17.1 Å². The maximum absolute atomic E-state index is 13.0. The van der Waals surface area contributed by atoms with Crippen LogP contribution >= 0.6 is 11.6 Å². The zero-order chi connectivity index (χ0) is 19.0. The van der Waals surface area contributed by atoms with Gasteiger partial charge in [0.1, 0.15) is 0 Å². The second-order valence-electron chi connectivity index (χ2n) is 6.46. The number of nitrogens with zero attached hydrogens (tertiary/aromatic N) is 3. The molecule has 0 spiro atoms. The van der Waals surface area contributed by atoms with Gasteiger partial charge in [-0.05, 0) is 42.1 Å². The molecule has 0 aromatic heterocycles. The molecule has 0 saturated carbocycles. The zero-order valence-electron chi connectivity index (χ0n) is 14.9. The van der Waals surface area contributed by atoms with E-state index in [0.29, 0.717) is 23.0 Å². The molecule has 0 atom stereocenters. The van der Waals surface area contributed by atoms with Crippen LogP contribution < -0.4 is 11.2 Å². The average Bonchev–Trinajstić information content (AvgIpc) is 2.66. The van der Waals surface area contributed by atoms with Crippen molar-refractivity contribution in [2.75, 3.05) is 0 Å². The van der Waals surface area contributed by atoms with Gasteiger partial charge in [-0.3, -0.25) is 13.9 Å². The van der Waals surface area contributed by atoms with Crippen LogP contribution in [0.3, 0.4) is 0 Å². The van der Waals surface area contributed by atoms with Gasteiger partial charge in [-0.1, -0.05) is 49.2 Å². The van der Waals surface area contributed by atoms with Crippen LogP contribution in [0.25, 0.3) is 28.0 Å². The van der Waals surface area contributed by atoms with E-state index in [4.69, 9.17) is 11.6 Å². The summed E-state index contributed by atoms with van der Waals surface area (Å²) >= 11 is 6.18. The predicted octanol–water partition coefficient (Wildman–Crippen LogP) is 4.11. The van der Waals surface area contributed by atoms with Gasteiger partial charge >= 0.3 is 5.69 Å². The first-order valence-electron chi connectivity index (χ1n) is 8.91. The molecule has 0 unspecified atom stereocenters. The van der Waals surface area contributed by atoms with Crippen molar-refractivity contribution in [2.24, 2.45) is 0 Å². The van der Waals surface area contributed by atoms with Gasteiger partial charge in [0.25, 0.3) is 5.56 Å². The van der Waals surface area contributed by atoms with Gasteiger partial charge in [0.15, 0.2) is 5.82 Å². The third-order valence-electron chi connectivity index (χ3n) is 4.64. The molecule has 0 N–H and O–H groups in total. The second-order valence-corrected chi connectivity index (χ2v) is 6.90. The van der Waals surface area contributed by atoms with Crippen LogP contribution in [0.1, 0.15) is 19.8 Å². The maximum atomic E-state index is 13.0. The van der Waals surface area contributed by atoms with Crippen LogP contribution in [0, 0.1) is 0 Å². The molecule has 0 fully saturated rings. The number of hydrogen-bond donors (Lipinski definition) is 0. The number of para-hydroxylation sites is 1. The quantitative estimate of drug-likeness (QED) is 0.501. The summed E-state index contributed by atoms with van der Waals surface area (Å²) in [6, 6.07) is 16.8. The van der Waals surface area contributed by atoms with Gasteiger partial charge in [0, 0.05) is 17.3 Å². The SMILES string of the molecule is CCCCn1c(=O)nc2n(-c3cccc(Cl)c3)c3ccccc3cc-2c1=O. The van der Waals surface area contributed by atoms with Crippen LogP contribution in [0.4, 0.5) is 0 Å². The lowest BCUT2D eigenvalue weighted by molar-refractivity contribution is 0.582. The molecule has 0 aliphatic carbocycles. The number of fused-ring (bicyclic) bond motifs is 2. The minimum absolute atomic E-state index is 0.306. The highest BCUT2D eigenvalue weighted by atomic mass is 35.5. The Bertz CT molecular complexity index is 1230. The van der Waals surface area contributed by atoms with Crippen molar-refractivity contribution in [1.82, 2.24) is 14.1 Å². The van der Waals surface area contributed by atoms with E-state index in [1.165, 1.54) is 4.57 Å². The predicted molar refractivity (Wildman–Crippen MR) is 108 cm³/mol. The van der Waals surface area contributed by atoms with E-state index in [9.17, 15) is 9.59 Å². The monoisotopic (exact) mass is 379 g/mol. The average molecular weight is 380 g/mol. The Hall–Kier alpha value is -2.92. The lowest BCUT2D eigenvalue weighted by atomic mass is 10.1. The first-order valence-corrected chi connectivity index (χ1v) is 9.29. The Morgan fingerprint density at radius 1 is 1.04 bits per heavy atom. The summed E-state index contributed by atoms with van der Waals surface area (Å²) in [6.07, 6.45) is 1.65. The summed E-state index contributed by atoms with van der Waals surface area (Å²) in [4.78, 5) is 29.9. The van der Waals surface area contributed by atoms with Crippen molar-refractivity contribution in [3.05, 3.63) is 80.5 Å². The lowest BCUT2D eigenvalue weighted by Crippen LogP contribution is -2.38. The number of halogens is 1. The summed E-state index contributed by atoms with van der Waals surface area (Å²) in [5.41, 5.74) is 1.20. The highest BCUT2D eigenvalue weighted by Gasteiger charge is 2.20. The lowest BCUT2D eigenvalue weighted by Gasteiger charge is -2.19. The molecule has 136 valence electrons. The van der Waals surface area contributed by atoms with Crippen molar-refractivity contribution in [2.45, 2.75) is 26.3 Å². The van der Waals surface area contributed by atoms with Gasteiger partial charge < -0.3 is 0 Å². The molecule has 2 aliphatic heterocycles. The maximum Gasteiger partial charge on any atom is 0.352 e. The van der Waals surface area contributed by atoms with Crippen LogP contribution in [-0.2, 0) is 6.54 Å². The highest BCUT2D eigenvalue weighted by molar-refractivity contribution is 6.30. The Morgan fingerprint density at radius 3 is 2.63 bits per heavy atom. The smallest absolute Gasteiger partial charge is 0.294 e. The molecule has 5 nitrogen and oxygen atoms in total. The van der Waals surface area contributed by atoms with Crippen molar-refractivity contribution < 1.29 is 0 Å². The van der Waals surface area contributed by atoms with Gasteiger partial charge in [-0.25, -0.2) is 4.79 Å². The third kappa shape index (κ3) is 3.04. The van der Waals surface area contributed by atoms with E-state index in [1.807, 2.05) is 54.0 Å². The van der Waals surface area contributed by atoms with Gasteiger partial charge in [0.05, 0.1) is 11.1 Å². The van der Waals surface area contributed by atoms with E-state index in [-0.39, 0.29) is 5.56 Å². The topological polar surface area (TPSA) is 56.9 Å². The number of aromatic nitrogens is 3. The van der Waals surface area contributed by atoms with Crippen molar-refractivity contribution in [3.63, 3.8) is 0 Å². The number of rotatable bonds is 4. The standard InChI is InChI=1S/C21H18ClN3O2/c1-2-3-11-24-20(26)17-12-14-7-4-5-10-18(14)25(19(17)23-21(24)27)16-9-6-8-15(22)13-16/h4-10,12-13H,2-3,11H2,1H3. The molecular formula is C21H18ClN3O2. The fourth-order valence-electron chi connectivity index (χ4n) is 3.31. The Morgan fingerprint density at radius 2 is 1.85 bits per heavy atom. The Kier molecular flexibility index (Phi) is 4.54. The molecular weight excluding hydrogens is 362 g/mol. The molecule has 0 radical (unpaired) electrons. The van der Waals surface area contributed by atoms with E-state index >= 15 is 0 Å². The highest BCUT2D eigenvalue weighted by Crippen LogP contribution is 2.28. The zero-order valence-corrected chi connectivity index (χ0v) is 15.6. The van der Waals surface area contributed by atoms with Crippen molar-refractivity contribution in [1.29, 1.82) is 0 Å². The second kappa shape index (κ2) is 7.00. The van der Waals surface area contributed by atoms with Crippen LogP contribution in [0.2, 0.25) is 5.02 Å². The first-order chi connectivity index (χ1) is 13.1. The van der Waals surface area contributed by atoms with E-state index < -0.39 is 5.69 Å². The van der Waals surface area contributed by atoms with E-state index in [2.05, 4.69) is 4.98 Å². The molecule has 27 heavy (non-hydrogen) atoms. The van der Waals surface area contributed by atoms with E-state index in [0.717, 1.165) is 29.4 Å². The summed E-state index contributed by atoms with van der Waals surface area (Å²) in [7, 11) is 0. The molecule has 0 saturated heterocycles. The number of hydrogen-bond acceptors (Lipinski definition) is 3. The summed E-state index contributed by atoms with van der Waals surface area (Å²) in [5, 5.41) is 1.46. The number of unbranched alkanes of at least 4 members (excludes halogenated alkanes) is 1. The number of pyridine rings is 1. The fraction of sp³-hybridized carbons (Fsp3) is 0.190. The summed E-state index contributed by atoms with van der Waals surface area (Å²) in [5.74, 6) is 0.346. The van der Waals surface area contributed by atoms with Crippen LogP contribution in [0.15, 0.2) is 64.2 Å². The molecule has 2 aromatic carbocycles. The minimum atomic E-state index is -0.521. The number of benzene rings is 2. The van der Waals surface area contributed by atoms with Gasteiger partial charge in [0.2, 0.25) is 0 Å². The van der Waals surface area contributed by atoms with Crippen molar-refractivity contribution >= 4 is 22.5 Å². The molecule has 2 aromatic rings. The molecule has 0 amide bonds. The third-order valence-corrected chi connectivity index (χ3v) is 4.87. The normalized spacial score (nSPS) is 11.3. The minimum Gasteiger partial charge on any atom is -0.294 e. The van der Waals surface area contributed by atoms with Crippen LogP contribution in [0.5, 0.6) is 0 Å². The molecule has 6 heteroatoms. The molecule has 2 heterocycles. The van der Waals surface area contributed by atoms with Gasteiger partial charge in [-0.2, -0.15) is 4.98 Å². The fourth-order valence-corrected chi connectivity index (χ4v) is 3.49. The largest absolute Gasteiger partial charge is 0.352 e. The van der Waals surface area contributed by atoms with E-state index in [1.54, 1.807) is 12.1 Å². The van der Waals surface area contributed by atoms with Crippen LogP contribution in [-0.4, -0.2) is 14.1 Å². The Labute approximate surface area is 160 Å². The first kappa shape index (κ1) is 17.5.